The zero-order valence-corrected chi connectivity index (χ0v) is 14.3. The summed E-state index contributed by atoms with van der Waals surface area (Å²) in [5.41, 5.74) is 0. The molecule has 6 heteroatoms. The van der Waals surface area contributed by atoms with Crippen LogP contribution in [-0.2, 0) is 0 Å². The fraction of sp³-hybridized carbons (Fsp3) is 0.545. The van der Waals surface area contributed by atoms with Gasteiger partial charge < -0.3 is 5.32 Å². The van der Waals surface area contributed by atoms with E-state index in [1.165, 1.54) is 11.3 Å². The SMILES string of the molecule is CC(C)CC(Cl)CNC(=O)c1cc(Br)c(Br)s1. The third-order valence-electron chi connectivity index (χ3n) is 2.08. The van der Waals surface area contributed by atoms with Crippen molar-refractivity contribution in [2.75, 3.05) is 6.54 Å². The summed E-state index contributed by atoms with van der Waals surface area (Å²) < 4.78 is 1.82. The lowest BCUT2D eigenvalue weighted by Crippen LogP contribution is -2.29. The van der Waals surface area contributed by atoms with E-state index in [4.69, 9.17) is 11.6 Å². The van der Waals surface area contributed by atoms with Crippen molar-refractivity contribution in [3.8, 4) is 0 Å². The summed E-state index contributed by atoms with van der Waals surface area (Å²) in [6, 6.07) is 1.80. The molecule has 0 aromatic carbocycles. The van der Waals surface area contributed by atoms with Crippen molar-refractivity contribution in [1.29, 1.82) is 0 Å². The molecule has 1 atom stereocenters. The maximum Gasteiger partial charge on any atom is 0.261 e. The highest BCUT2D eigenvalue weighted by Gasteiger charge is 2.14. The third-order valence-corrected chi connectivity index (χ3v) is 5.67. The molecule has 17 heavy (non-hydrogen) atoms. The zero-order chi connectivity index (χ0) is 13.0. The third kappa shape index (κ3) is 5.28. The van der Waals surface area contributed by atoms with E-state index in [1.807, 2.05) is 0 Å². The minimum Gasteiger partial charge on any atom is -0.350 e. The van der Waals surface area contributed by atoms with E-state index in [9.17, 15) is 4.79 Å². The molecule has 96 valence electrons. The lowest BCUT2D eigenvalue weighted by atomic mass is 10.1. The molecule has 0 saturated carbocycles. The predicted octanol–water partition coefficient (Wildman–Crippen LogP) is 4.66. The maximum atomic E-state index is 11.8. The Bertz CT molecular complexity index is 375. The molecule has 1 aromatic heterocycles. The van der Waals surface area contributed by atoms with Gasteiger partial charge in [0.2, 0.25) is 0 Å². The number of carbonyl (C=O) groups excluding carboxylic acids is 1. The van der Waals surface area contributed by atoms with Crippen LogP contribution < -0.4 is 5.32 Å². The molecule has 1 N–H and O–H groups in total. The number of alkyl halides is 1. The first kappa shape index (κ1) is 15.5. The number of carbonyl (C=O) groups is 1. The topological polar surface area (TPSA) is 29.1 Å². The van der Waals surface area contributed by atoms with Gasteiger partial charge in [-0.2, -0.15) is 0 Å². The van der Waals surface area contributed by atoms with E-state index in [-0.39, 0.29) is 11.3 Å². The van der Waals surface area contributed by atoms with Crippen molar-refractivity contribution in [2.24, 2.45) is 5.92 Å². The highest BCUT2D eigenvalue weighted by atomic mass is 79.9. The van der Waals surface area contributed by atoms with E-state index in [0.29, 0.717) is 17.3 Å². The normalized spacial score (nSPS) is 12.8. The summed E-state index contributed by atoms with van der Waals surface area (Å²) in [5, 5.41) is 2.83. The smallest absolute Gasteiger partial charge is 0.261 e. The Labute approximate surface area is 127 Å². The van der Waals surface area contributed by atoms with Crippen LogP contribution in [0.5, 0.6) is 0 Å². The predicted molar refractivity (Wildman–Crippen MR) is 81.1 cm³/mol. The fourth-order valence-electron chi connectivity index (χ4n) is 1.34. The molecule has 0 spiro atoms. The van der Waals surface area contributed by atoms with E-state index < -0.39 is 0 Å². The minimum atomic E-state index is -0.0733. The molecule has 2 nitrogen and oxygen atoms in total. The molecule has 1 heterocycles. The Morgan fingerprint density at radius 2 is 2.18 bits per heavy atom. The van der Waals surface area contributed by atoms with Crippen molar-refractivity contribution in [3.63, 3.8) is 0 Å². The first-order chi connectivity index (χ1) is 7.90. The molecular formula is C11H14Br2ClNOS. The number of amides is 1. The molecule has 0 aliphatic rings. The molecular weight excluding hydrogens is 389 g/mol. The summed E-state index contributed by atoms with van der Waals surface area (Å²) >= 11 is 14.2. The molecule has 0 radical (unpaired) electrons. The lowest BCUT2D eigenvalue weighted by molar-refractivity contribution is 0.0957. The summed E-state index contributed by atoms with van der Waals surface area (Å²) in [7, 11) is 0. The van der Waals surface area contributed by atoms with Crippen LogP contribution in [0.2, 0.25) is 0 Å². The monoisotopic (exact) mass is 401 g/mol. The summed E-state index contributed by atoms with van der Waals surface area (Å²) in [4.78, 5) is 12.5. The molecule has 1 aromatic rings. The van der Waals surface area contributed by atoms with Crippen molar-refractivity contribution < 1.29 is 4.79 Å². The second-order valence-electron chi connectivity index (χ2n) is 4.17. The van der Waals surface area contributed by atoms with Crippen molar-refractivity contribution in [3.05, 3.63) is 19.2 Å². The van der Waals surface area contributed by atoms with Crippen LogP contribution >= 0.6 is 54.8 Å². The second kappa shape index (κ2) is 7.12. The number of halogens is 3. The number of hydrogen-bond donors (Lipinski definition) is 1. The quantitative estimate of drug-likeness (QED) is 0.712. The fourth-order valence-corrected chi connectivity index (χ4v) is 3.73. The Morgan fingerprint density at radius 1 is 1.53 bits per heavy atom. The van der Waals surface area contributed by atoms with E-state index in [0.717, 1.165) is 14.7 Å². The lowest BCUT2D eigenvalue weighted by Gasteiger charge is -2.12. The molecule has 0 aliphatic heterocycles. The van der Waals surface area contributed by atoms with Crippen LogP contribution in [0.1, 0.15) is 29.9 Å². The highest BCUT2D eigenvalue weighted by molar-refractivity contribution is 9.13. The van der Waals surface area contributed by atoms with Crippen LogP contribution in [0, 0.1) is 5.92 Å². The van der Waals surface area contributed by atoms with Gasteiger partial charge in [-0.15, -0.1) is 22.9 Å². The maximum absolute atomic E-state index is 11.8. The molecule has 0 bridgehead atoms. The molecule has 0 fully saturated rings. The van der Waals surface area contributed by atoms with Crippen LogP contribution in [0.3, 0.4) is 0 Å². The van der Waals surface area contributed by atoms with Gasteiger partial charge in [0, 0.05) is 11.0 Å². The van der Waals surface area contributed by atoms with Crippen molar-refractivity contribution in [1.82, 2.24) is 5.32 Å². The molecule has 1 amide bonds. The summed E-state index contributed by atoms with van der Waals surface area (Å²) in [5.74, 6) is 0.468. The van der Waals surface area contributed by atoms with Gasteiger partial charge >= 0.3 is 0 Å². The number of nitrogens with one attached hydrogen (secondary N) is 1. The Kier molecular flexibility index (Phi) is 6.48. The first-order valence-electron chi connectivity index (χ1n) is 5.27. The van der Waals surface area contributed by atoms with Crippen LogP contribution in [0.4, 0.5) is 0 Å². The number of rotatable bonds is 5. The Balaban J connectivity index is 2.45. The van der Waals surface area contributed by atoms with E-state index in [1.54, 1.807) is 6.07 Å². The van der Waals surface area contributed by atoms with Gasteiger partial charge in [-0.3, -0.25) is 4.79 Å². The first-order valence-corrected chi connectivity index (χ1v) is 8.11. The van der Waals surface area contributed by atoms with Crippen molar-refractivity contribution in [2.45, 2.75) is 25.6 Å². The highest BCUT2D eigenvalue weighted by Crippen LogP contribution is 2.32. The van der Waals surface area contributed by atoms with Gasteiger partial charge in [0.25, 0.3) is 5.91 Å². The van der Waals surface area contributed by atoms with Gasteiger partial charge in [-0.1, -0.05) is 13.8 Å². The second-order valence-corrected chi connectivity index (χ2v) is 8.01. The standard InChI is InChI=1S/C11H14Br2ClNOS/c1-6(2)3-7(14)5-15-11(16)9-4-8(12)10(13)17-9/h4,6-7H,3,5H2,1-2H3,(H,15,16). The molecule has 1 unspecified atom stereocenters. The summed E-state index contributed by atoms with van der Waals surface area (Å²) in [6.45, 7) is 4.74. The van der Waals surface area contributed by atoms with E-state index in [2.05, 4.69) is 51.0 Å². The van der Waals surface area contributed by atoms with Crippen LogP contribution in [0.25, 0.3) is 0 Å². The Morgan fingerprint density at radius 3 is 2.65 bits per heavy atom. The molecule has 1 rings (SSSR count). The average molecular weight is 404 g/mol. The minimum absolute atomic E-state index is 0.00852. The van der Waals surface area contributed by atoms with Crippen molar-refractivity contribution >= 4 is 60.7 Å². The van der Waals surface area contributed by atoms with Gasteiger partial charge in [0.15, 0.2) is 0 Å². The van der Waals surface area contributed by atoms with Crippen LogP contribution in [-0.4, -0.2) is 17.8 Å². The van der Waals surface area contributed by atoms with Gasteiger partial charge in [0.1, 0.15) is 0 Å². The number of thiophene rings is 1. The largest absolute Gasteiger partial charge is 0.350 e. The van der Waals surface area contributed by atoms with Gasteiger partial charge in [-0.05, 0) is 50.3 Å². The average Bonchev–Trinajstić information content (AvgIpc) is 2.55. The molecule has 0 saturated heterocycles. The van der Waals surface area contributed by atoms with Crippen LogP contribution in [0.15, 0.2) is 14.3 Å². The van der Waals surface area contributed by atoms with Gasteiger partial charge in [0.05, 0.1) is 14.0 Å². The van der Waals surface area contributed by atoms with E-state index >= 15 is 0 Å². The van der Waals surface area contributed by atoms with Gasteiger partial charge in [-0.25, -0.2) is 0 Å². The molecule has 0 aliphatic carbocycles. The Hall–Kier alpha value is 0.420. The summed E-state index contributed by atoms with van der Waals surface area (Å²) in [6.07, 6.45) is 0.902. The number of hydrogen-bond acceptors (Lipinski definition) is 2. The zero-order valence-electron chi connectivity index (χ0n) is 9.60.